The maximum absolute atomic E-state index is 14.3. The van der Waals surface area contributed by atoms with Crippen molar-refractivity contribution in [2.45, 2.75) is 88.6 Å². The number of carbonyl (C=O) groups is 3. The van der Waals surface area contributed by atoms with E-state index in [1.54, 1.807) is 4.90 Å². The number of nitrogens with zero attached hydrogens (tertiary/aromatic N) is 2. The van der Waals surface area contributed by atoms with Gasteiger partial charge in [-0.05, 0) is 48.4 Å². The van der Waals surface area contributed by atoms with E-state index in [-0.39, 0.29) is 30.7 Å². The van der Waals surface area contributed by atoms with Crippen LogP contribution in [0.4, 0.5) is 0 Å². The average Bonchev–Trinajstić information content (AvgIpc) is 3.37. The maximum Gasteiger partial charge on any atom is 0.329 e. The molecule has 3 fully saturated rings. The molecule has 9 nitrogen and oxygen atoms in total. The van der Waals surface area contributed by atoms with Gasteiger partial charge in [0.25, 0.3) is 5.19 Å². The van der Waals surface area contributed by atoms with Crippen LogP contribution < -0.4 is 15.4 Å². The first-order valence-electron chi connectivity index (χ1n) is 15.6. The van der Waals surface area contributed by atoms with Crippen LogP contribution in [0.5, 0.6) is 5.19 Å². The van der Waals surface area contributed by atoms with Gasteiger partial charge < -0.3 is 25.4 Å². The number of thiazole rings is 1. The predicted octanol–water partition coefficient (Wildman–Crippen LogP) is 5.52. The average molecular weight is 684 g/mol. The van der Waals surface area contributed by atoms with Gasteiger partial charge in [0.05, 0.1) is 22.8 Å². The minimum atomic E-state index is -1.28. The highest BCUT2D eigenvalue weighted by atomic mass is 79.9. The van der Waals surface area contributed by atoms with Crippen molar-refractivity contribution in [3.63, 3.8) is 0 Å². The fraction of sp³-hybridized carbons (Fsp3) is 0.515. The normalized spacial score (nSPS) is 29.7. The summed E-state index contributed by atoms with van der Waals surface area (Å²) in [5.74, 6) is -1.51. The van der Waals surface area contributed by atoms with Crippen LogP contribution in [0.3, 0.4) is 0 Å². The molecular formula is C33H39BrN4O5S. The fourth-order valence-electron chi connectivity index (χ4n) is 6.89. The van der Waals surface area contributed by atoms with Gasteiger partial charge in [-0.2, -0.15) is 0 Å². The van der Waals surface area contributed by atoms with Gasteiger partial charge in [-0.1, -0.05) is 96.6 Å². The van der Waals surface area contributed by atoms with Crippen LogP contribution in [0.15, 0.2) is 53.0 Å². The van der Waals surface area contributed by atoms with E-state index in [0.29, 0.717) is 24.6 Å². The van der Waals surface area contributed by atoms with E-state index < -0.39 is 35.6 Å². The first-order valence-corrected chi connectivity index (χ1v) is 17.2. The van der Waals surface area contributed by atoms with Gasteiger partial charge >= 0.3 is 5.97 Å². The first kappa shape index (κ1) is 31.0. The number of carboxylic acid groups (broad SMARTS) is 1. The lowest BCUT2D eigenvalue weighted by Crippen LogP contribution is -2.56. The standard InChI is InChI=1S/C33H39BrN4O5S/c1-20-9-5-2-3-8-12-26(35-18-21-10-6-4-7-11-21)30(40)38-19-23(43-32-36-25-14-13-22(34)15-28(25)44-32)16-27(38)29(39)37-33(31(41)42)17-24(20)33/h4,6-7,10-11,13-15,20,23-24,26-27,35H,2-3,5,8-9,12,16-19H2,1H3,(H,37,39)(H,41,42)/t20?,23-,24+,26+,27+,33-/m1/s1. The first-order chi connectivity index (χ1) is 21.2. The Morgan fingerprint density at radius 2 is 1.93 bits per heavy atom. The Labute approximate surface area is 269 Å². The Bertz CT molecular complexity index is 1520. The zero-order valence-electron chi connectivity index (χ0n) is 24.8. The molecule has 0 spiro atoms. The molecule has 3 aliphatic rings. The highest BCUT2D eigenvalue weighted by Crippen LogP contribution is 2.50. The van der Waals surface area contributed by atoms with Crippen LogP contribution in [0.1, 0.15) is 63.9 Å². The number of rotatable bonds is 6. The Morgan fingerprint density at radius 1 is 1.16 bits per heavy atom. The molecule has 2 aliphatic heterocycles. The number of carboxylic acids is 1. The Kier molecular flexibility index (Phi) is 9.26. The Morgan fingerprint density at radius 3 is 2.70 bits per heavy atom. The van der Waals surface area contributed by atoms with Crippen LogP contribution in [-0.4, -0.2) is 63.0 Å². The number of aliphatic carboxylic acids is 1. The smallest absolute Gasteiger partial charge is 0.329 e. The van der Waals surface area contributed by atoms with Crippen molar-refractivity contribution in [1.82, 2.24) is 20.5 Å². The number of benzene rings is 2. The van der Waals surface area contributed by atoms with E-state index in [0.717, 1.165) is 52.4 Å². The van der Waals surface area contributed by atoms with E-state index in [1.807, 2.05) is 48.5 Å². The minimum Gasteiger partial charge on any atom is -0.479 e. The summed E-state index contributed by atoms with van der Waals surface area (Å²) < 4.78 is 8.23. The van der Waals surface area contributed by atoms with Crippen molar-refractivity contribution in [1.29, 1.82) is 0 Å². The second kappa shape index (κ2) is 13.1. The van der Waals surface area contributed by atoms with Crippen molar-refractivity contribution >= 4 is 55.3 Å². The fourth-order valence-corrected chi connectivity index (χ4v) is 8.32. The number of nitrogens with one attached hydrogen (secondary N) is 2. The van der Waals surface area contributed by atoms with Crippen molar-refractivity contribution < 1.29 is 24.2 Å². The third-order valence-electron chi connectivity index (χ3n) is 9.47. The summed E-state index contributed by atoms with van der Waals surface area (Å²) in [5, 5.41) is 17.1. The monoisotopic (exact) mass is 682 g/mol. The van der Waals surface area contributed by atoms with E-state index in [4.69, 9.17) is 4.74 Å². The lowest BCUT2D eigenvalue weighted by molar-refractivity contribution is -0.146. The topological polar surface area (TPSA) is 121 Å². The molecule has 234 valence electrons. The van der Waals surface area contributed by atoms with Crippen molar-refractivity contribution in [3.8, 4) is 5.19 Å². The van der Waals surface area contributed by atoms with Crippen LogP contribution in [-0.2, 0) is 20.9 Å². The molecule has 0 bridgehead atoms. The van der Waals surface area contributed by atoms with E-state index in [2.05, 4.69) is 38.5 Å². The largest absolute Gasteiger partial charge is 0.479 e. The van der Waals surface area contributed by atoms with Gasteiger partial charge in [0.1, 0.15) is 17.7 Å². The van der Waals surface area contributed by atoms with Gasteiger partial charge in [0.15, 0.2) is 0 Å². The highest BCUT2D eigenvalue weighted by molar-refractivity contribution is 9.10. The highest BCUT2D eigenvalue weighted by Gasteiger charge is 2.64. The summed E-state index contributed by atoms with van der Waals surface area (Å²) in [5.41, 5.74) is 0.612. The van der Waals surface area contributed by atoms with Gasteiger partial charge in [-0.15, -0.1) is 0 Å². The summed E-state index contributed by atoms with van der Waals surface area (Å²) >= 11 is 4.92. The molecule has 2 saturated heterocycles. The third kappa shape index (κ3) is 6.65. The second-order valence-corrected chi connectivity index (χ2v) is 14.4. The molecule has 2 amide bonds. The summed E-state index contributed by atoms with van der Waals surface area (Å²) in [6.45, 7) is 2.85. The van der Waals surface area contributed by atoms with Crippen molar-refractivity contribution in [3.05, 3.63) is 58.6 Å². The van der Waals surface area contributed by atoms with Crippen molar-refractivity contribution in [2.24, 2.45) is 11.8 Å². The molecule has 6 rings (SSSR count). The molecule has 1 saturated carbocycles. The lowest BCUT2D eigenvalue weighted by atomic mass is 9.94. The second-order valence-electron chi connectivity index (χ2n) is 12.5. The molecule has 0 radical (unpaired) electrons. The minimum absolute atomic E-state index is 0.117. The number of carbonyl (C=O) groups excluding carboxylic acids is 2. The number of fused-ring (bicyclic) bond motifs is 3. The van der Waals surface area contributed by atoms with E-state index >= 15 is 0 Å². The molecule has 44 heavy (non-hydrogen) atoms. The number of hydrogen-bond donors (Lipinski definition) is 3. The number of hydrogen-bond acceptors (Lipinski definition) is 7. The van der Waals surface area contributed by atoms with Gasteiger partial charge in [-0.3, -0.25) is 9.59 Å². The molecule has 3 aromatic rings. The lowest BCUT2D eigenvalue weighted by Gasteiger charge is -2.29. The predicted molar refractivity (Wildman–Crippen MR) is 172 cm³/mol. The van der Waals surface area contributed by atoms with E-state index in [1.165, 1.54) is 11.3 Å². The van der Waals surface area contributed by atoms with E-state index in [9.17, 15) is 19.5 Å². The third-order valence-corrected chi connectivity index (χ3v) is 10.9. The number of halogens is 1. The summed E-state index contributed by atoms with van der Waals surface area (Å²) in [6, 6.07) is 14.5. The molecule has 11 heteroatoms. The molecule has 2 aromatic carbocycles. The summed E-state index contributed by atoms with van der Waals surface area (Å²) in [6.07, 6.45) is 5.73. The molecular weight excluding hydrogens is 644 g/mol. The van der Waals surface area contributed by atoms with Crippen molar-refractivity contribution in [2.75, 3.05) is 6.54 Å². The quantitative estimate of drug-likeness (QED) is 0.313. The molecule has 1 aliphatic carbocycles. The number of amides is 2. The van der Waals surface area contributed by atoms with Crippen LogP contribution >= 0.6 is 27.3 Å². The molecule has 6 atom stereocenters. The molecule has 1 aromatic heterocycles. The van der Waals surface area contributed by atoms with Gasteiger partial charge in [0.2, 0.25) is 11.8 Å². The van der Waals surface area contributed by atoms with Crippen LogP contribution in [0.25, 0.3) is 10.2 Å². The molecule has 3 N–H and O–H groups in total. The van der Waals surface area contributed by atoms with Crippen LogP contribution in [0.2, 0.25) is 0 Å². The number of aromatic nitrogens is 1. The van der Waals surface area contributed by atoms with Gasteiger partial charge in [0, 0.05) is 17.4 Å². The number of ether oxygens (including phenoxy) is 1. The molecule has 1 unspecified atom stereocenters. The summed E-state index contributed by atoms with van der Waals surface area (Å²) in [7, 11) is 0. The zero-order chi connectivity index (χ0) is 30.8. The molecule has 3 heterocycles. The SMILES string of the molecule is CC1CCCCCC[C@H](NCc2ccccc2)C(=O)N2C[C@H](Oc3nc4ccc(Br)cc4s3)C[C@H]2C(=O)N[C@]2(C(=O)O)C[C@@H]12. The Hall–Kier alpha value is -3.02. The van der Waals surface area contributed by atoms with Gasteiger partial charge in [-0.25, -0.2) is 9.78 Å². The maximum atomic E-state index is 14.3. The summed E-state index contributed by atoms with van der Waals surface area (Å²) in [4.78, 5) is 46.9. The van der Waals surface area contributed by atoms with Crippen LogP contribution in [0, 0.1) is 11.8 Å². The zero-order valence-corrected chi connectivity index (χ0v) is 27.2. The Balaban J connectivity index is 1.26.